The van der Waals surface area contributed by atoms with Crippen LogP contribution in [0.2, 0.25) is 0 Å². The van der Waals surface area contributed by atoms with Crippen LogP contribution < -0.4 is 4.90 Å². The lowest BCUT2D eigenvalue weighted by Gasteiger charge is -2.23. The number of para-hydroxylation sites is 1. The van der Waals surface area contributed by atoms with Gasteiger partial charge in [-0.15, -0.1) is 0 Å². The Labute approximate surface area is 151 Å². The molecule has 1 aliphatic carbocycles. The van der Waals surface area contributed by atoms with Crippen molar-refractivity contribution < 1.29 is 0 Å². The molecule has 130 valence electrons. The van der Waals surface area contributed by atoms with E-state index in [4.69, 9.17) is 4.98 Å². The average Bonchev–Trinajstić information content (AvgIpc) is 3.29. The minimum absolute atomic E-state index is 0.545. The highest BCUT2D eigenvalue weighted by atomic mass is 15.3. The molecule has 1 aromatic carbocycles. The van der Waals surface area contributed by atoms with Crippen molar-refractivity contribution in [1.29, 1.82) is 0 Å². The molecule has 0 spiro atoms. The van der Waals surface area contributed by atoms with Crippen LogP contribution in [0.5, 0.6) is 0 Å². The first-order chi connectivity index (χ1) is 12.8. The maximum Gasteiger partial charge on any atom is 0.155 e. The second-order valence-corrected chi connectivity index (χ2v) is 6.86. The third kappa shape index (κ3) is 2.63. The summed E-state index contributed by atoms with van der Waals surface area (Å²) in [6, 6.07) is 10.7. The Morgan fingerprint density at radius 2 is 1.96 bits per heavy atom. The van der Waals surface area contributed by atoms with Crippen molar-refractivity contribution in [3.63, 3.8) is 0 Å². The van der Waals surface area contributed by atoms with Crippen LogP contribution in [-0.4, -0.2) is 30.4 Å². The van der Waals surface area contributed by atoms with E-state index in [1.54, 1.807) is 0 Å². The van der Waals surface area contributed by atoms with Gasteiger partial charge in [-0.05, 0) is 37.5 Å². The number of anilines is 1. The number of aromatic nitrogens is 5. The normalized spacial score (nSPS) is 14.0. The van der Waals surface area contributed by atoms with E-state index in [1.807, 2.05) is 52.2 Å². The number of rotatable bonds is 5. The molecule has 0 saturated heterocycles. The summed E-state index contributed by atoms with van der Waals surface area (Å²) in [6.45, 7) is 2.89. The highest BCUT2D eigenvalue weighted by Crippen LogP contribution is 2.34. The van der Waals surface area contributed by atoms with Crippen LogP contribution >= 0.6 is 0 Å². The lowest BCUT2D eigenvalue weighted by molar-refractivity contribution is 0.774. The molecule has 6 heteroatoms. The van der Waals surface area contributed by atoms with E-state index in [9.17, 15) is 0 Å². The minimum Gasteiger partial charge on any atom is -0.347 e. The summed E-state index contributed by atoms with van der Waals surface area (Å²) in [4.78, 5) is 7.10. The first kappa shape index (κ1) is 15.1. The molecule has 4 aromatic rings. The predicted octanol–water partition coefficient (Wildman–Crippen LogP) is 3.39. The van der Waals surface area contributed by atoms with Gasteiger partial charge in [0.05, 0.1) is 18.1 Å². The van der Waals surface area contributed by atoms with Gasteiger partial charge in [0.2, 0.25) is 0 Å². The fraction of sp³-hybridized carbons (Fsp3) is 0.250. The Morgan fingerprint density at radius 1 is 1.12 bits per heavy atom. The molecule has 1 aliphatic rings. The van der Waals surface area contributed by atoms with Crippen LogP contribution in [0, 0.1) is 6.92 Å². The smallest absolute Gasteiger partial charge is 0.155 e. The topological polar surface area (TPSA) is 51.2 Å². The highest BCUT2D eigenvalue weighted by Gasteiger charge is 2.32. The SMILES string of the molecule is Cc1cnn2ccnc(N(Cc3cnn(-c4ccccc4)c3)C3CC3)c12. The van der Waals surface area contributed by atoms with E-state index in [0.29, 0.717) is 6.04 Å². The van der Waals surface area contributed by atoms with Gasteiger partial charge in [0, 0.05) is 36.7 Å². The Balaban J connectivity index is 1.49. The Hall–Kier alpha value is -3.15. The van der Waals surface area contributed by atoms with Gasteiger partial charge in [0.15, 0.2) is 5.82 Å². The molecular weight excluding hydrogens is 324 g/mol. The zero-order valence-corrected chi connectivity index (χ0v) is 14.7. The summed E-state index contributed by atoms with van der Waals surface area (Å²) in [5.74, 6) is 1.01. The Bertz CT molecular complexity index is 1040. The van der Waals surface area contributed by atoms with Gasteiger partial charge in [-0.3, -0.25) is 0 Å². The second-order valence-electron chi connectivity index (χ2n) is 6.86. The Morgan fingerprint density at radius 3 is 2.77 bits per heavy atom. The molecular formula is C20H20N6. The first-order valence-corrected chi connectivity index (χ1v) is 8.94. The van der Waals surface area contributed by atoms with Gasteiger partial charge in [-0.25, -0.2) is 14.2 Å². The molecule has 1 fully saturated rings. The monoisotopic (exact) mass is 344 g/mol. The van der Waals surface area contributed by atoms with Crippen LogP contribution in [-0.2, 0) is 6.54 Å². The van der Waals surface area contributed by atoms with Gasteiger partial charge < -0.3 is 4.90 Å². The molecule has 0 N–H and O–H groups in total. The molecule has 3 aromatic heterocycles. The van der Waals surface area contributed by atoms with E-state index >= 15 is 0 Å². The standard InChI is InChI=1S/C20H20N6/c1-15-11-22-25-10-9-21-20(19(15)25)24(17-7-8-17)13-16-12-23-26(14-16)18-5-3-2-4-6-18/h2-6,9-12,14,17H,7-8,13H2,1H3. The van der Waals surface area contributed by atoms with Gasteiger partial charge in [0.1, 0.15) is 5.52 Å². The van der Waals surface area contributed by atoms with Crippen molar-refractivity contribution in [2.24, 2.45) is 0 Å². The number of aryl methyl sites for hydroxylation is 1. The molecule has 1 saturated carbocycles. The van der Waals surface area contributed by atoms with Crippen molar-refractivity contribution in [3.8, 4) is 5.69 Å². The summed E-state index contributed by atoms with van der Waals surface area (Å²) in [5.41, 5.74) is 4.50. The van der Waals surface area contributed by atoms with Gasteiger partial charge in [-0.1, -0.05) is 18.2 Å². The molecule has 6 nitrogen and oxygen atoms in total. The van der Waals surface area contributed by atoms with E-state index < -0.39 is 0 Å². The summed E-state index contributed by atoms with van der Waals surface area (Å²) in [5, 5.41) is 8.96. The summed E-state index contributed by atoms with van der Waals surface area (Å²) >= 11 is 0. The summed E-state index contributed by atoms with van der Waals surface area (Å²) in [6.07, 6.45) is 12.1. The third-order valence-corrected chi connectivity index (χ3v) is 4.86. The van der Waals surface area contributed by atoms with Crippen LogP contribution in [0.1, 0.15) is 24.0 Å². The third-order valence-electron chi connectivity index (χ3n) is 4.86. The fourth-order valence-electron chi connectivity index (χ4n) is 3.40. The van der Waals surface area contributed by atoms with E-state index in [0.717, 1.165) is 29.1 Å². The van der Waals surface area contributed by atoms with Crippen LogP contribution in [0.25, 0.3) is 11.2 Å². The summed E-state index contributed by atoms with van der Waals surface area (Å²) in [7, 11) is 0. The fourth-order valence-corrected chi connectivity index (χ4v) is 3.40. The number of hydrogen-bond acceptors (Lipinski definition) is 4. The molecule has 0 radical (unpaired) electrons. The molecule has 0 amide bonds. The average molecular weight is 344 g/mol. The molecule has 0 bridgehead atoms. The zero-order chi connectivity index (χ0) is 17.5. The molecule has 26 heavy (non-hydrogen) atoms. The number of nitrogens with zero attached hydrogens (tertiary/aromatic N) is 6. The molecule has 5 rings (SSSR count). The largest absolute Gasteiger partial charge is 0.347 e. The maximum atomic E-state index is 4.70. The van der Waals surface area contributed by atoms with E-state index in [-0.39, 0.29) is 0 Å². The molecule has 0 aliphatic heterocycles. The zero-order valence-electron chi connectivity index (χ0n) is 14.7. The van der Waals surface area contributed by atoms with Crippen LogP contribution in [0.15, 0.2) is 61.3 Å². The number of benzene rings is 1. The quantitative estimate of drug-likeness (QED) is 0.557. The van der Waals surface area contributed by atoms with Crippen molar-refractivity contribution in [2.45, 2.75) is 32.4 Å². The van der Waals surface area contributed by atoms with Crippen LogP contribution in [0.3, 0.4) is 0 Å². The predicted molar refractivity (Wildman–Crippen MR) is 100 cm³/mol. The maximum absolute atomic E-state index is 4.70. The first-order valence-electron chi connectivity index (χ1n) is 8.94. The van der Waals surface area contributed by atoms with E-state index in [1.165, 1.54) is 18.4 Å². The minimum atomic E-state index is 0.545. The van der Waals surface area contributed by atoms with Crippen molar-refractivity contribution >= 4 is 11.3 Å². The summed E-state index contributed by atoms with van der Waals surface area (Å²) < 4.78 is 3.85. The molecule has 3 heterocycles. The van der Waals surface area contributed by atoms with Gasteiger partial charge in [-0.2, -0.15) is 10.2 Å². The van der Waals surface area contributed by atoms with Gasteiger partial charge >= 0.3 is 0 Å². The lowest BCUT2D eigenvalue weighted by Crippen LogP contribution is -2.26. The lowest BCUT2D eigenvalue weighted by atomic mass is 10.2. The number of hydrogen-bond donors (Lipinski definition) is 0. The van der Waals surface area contributed by atoms with Gasteiger partial charge in [0.25, 0.3) is 0 Å². The van der Waals surface area contributed by atoms with Crippen LogP contribution in [0.4, 0.5) is 5.82 Å². The Kier molecular flexibility index (Phi) is 3.48. The van der Waals surface area contributed by atoms with Crippen molar-refractivity contribution in [1.82, 2.24) is 24.4 Å². The second kappa shape index (κ2) is 5.98. The van der Waals surface area contributed by atoms with Crippen molar-refractivity contribution in [3.05, 3.63) is 72.4 Å². The number of fused-ring (bicyclic) bond motifs is 1. The highest BCUT2D eigenvalue weighted by molar-refractivity contribution is 5.73. The molecule has 0 unspecified atom stereocenters. The van der Waals surface area contributed by atoms with Crippen molar-refractivity contribution in [2.75, 3.05) is 4.90 Å². The molecule has 0 atom stereocenters. The van der Waals surface area contributed by atoms with E-state index in [2.05, 4.69) is 40.4 Å².